The molecule has 0 aliphatic rings. The maximum absolute atomic E-state index is 13.1. The van der Waals surface area contributed by atoms with Gasteiger partial charge in [0.2, 0.25) is 0 Å². The van der Waals surface area contributed by atoms with Crippen molar-refractivity contribution in [2.75, 3.05) is 0 Å². The summed E-state index contributed by atoms with van der Waals surface area (Å²) in [6.07, 6.45) is 0. The maximum atomic E-state index is 13.1. The van der Waals surface area contributed by atoms with Crippen LogP contribution in [0.4, 0.5) is 4.39 Å². The number of aromatic nitrogens is 1. The second-order valence-corrected chi connectivity index (χ2v) is 7.05. The summed E-state index contributed by atoms with van der Waals surface area (Å²) in [5.41, 5.74) is 0.0161. The number of benzene rings is 1. The number of amides is 1. The second kappa shape index (κ2) is 7.51. The number of H-pyrrole nitrogens is 1. The number of carbonyl (C=O) groups is 1. The van der Waals surface area contributed by atoms with Crippen LogP contribution in [-0.2, 0) is 6.61 Å². The lowest BCUT2D eigenvalue weighted by Crippen LogP contribution is -2.43. The summed E-state index contributed by atoms with van der Waals surface area (Å²) in [5.74, 6) is -0.565. The lowest BCUT2D eigenvalue weighted by molar-refractivity contribution is 0.0908. The Bertz CT molecular complexity index is 809. The molecule has 0 saturated carbocycles. The van der Waals surface area contributed by atoms with Crippen molar-refractivity contribution in [3.63, 3.8) is 0 Å². The average Bonchev–Trinajstić information content (AvgIpc) is 2.52. The van der Waals surface area contributed by atoms with Crippen LogP contribution >= 0.6 is 0 Å². The van der Waals surface area contributed by atoms with Gasteiger partial charge in [-0.25, -0.2) is 4.39 Å². The number of ether oxygens (including phenoxy) is 1. The smallest absolute Gasteiger partial charge is 0.263 e. The Labute approximate surface area is 146 Å². The largest absolute Gasteiger partial charge is 0.474 e. The van der Waals surface area contributed by atoms with E-state index >= 15 is 0 Å². The summed E-state index contributed by atoms with van der Waals surface area (Å²) in [7, 11) is 0. The van der Waals surface area contributed by atoms with Gasteiger partial charge in [-0.05, 0) is 42.2 Å². The molecule has 0 bridgehead atoms. The monoisotopic (exact) mass is 346 g/mol. The van der Waals surface area contributed by atoms with Crippen molar-refractivity contribution in [3.8, 4) is 5.88 Å². The van der Waals surface area contributed by atoms with E-state index in [0.29, 0.717) is 5.56 Å². The van der Waals surface area contributed by atoms with Crippen molar-refractivity contribution in [2.45, 2.75) is 40.3 Å². The van der Waals surface area contributed by atoms with Gasteiger partial charge < -0.3 is 10.1 Å². The van der Waals surface area contributed by atoms with Crippen molar-refractivity contribution in [1.82, 2.24) is 10.3 Å². The van der Waals surface area contributed by atoms with Gasteiger partial charge in [0.15, 0.2) is 5.88 Å². The quantitative estimate of drug-likeness (QED) is 0.873. The van der Waals surface area contributed by atoms with E-state index in [9.17, 15) is 14.0 Å². The van der Waals surface area contributed by atoms with Gasteiger partial charge >= 0.3 is 0 Å². The number of halogens is 1. The van der Waals surface area contributed by atoms with E-state index in [-0.39, 0.29) is 35.3 Å². The standard InChI is InChI=1S/C19H23FN2O3/c1-12(19(2,3)4)21-17(23)15-8-9-16(22-18(15)24)25-11-13-6-5-7-14(20)10-13/h5-10,12H,11H2,1-4H3,(H,21,23)(H,22,24)/t12-/m1/s1. The first-order valence-corrected chi connectivity index (χ1v) is 8.08. The number of pyridine rings is 1. The third-order valence-electron chi connectivity index (χ3n) is 4.06. The van der Waals surface area contributed by atoms with E-state index in [1.165, 1.54) is 24.3 Å². The first-order chi connectivity index (χ1) is 11.7. The van der Waals surface area contributed by atoms with Crippen LogP contribution in [0.15, 0.2) is 41.2 Å². The van der Waals surface area contributed by atoms with E-state index in [1.807, 2.05) is 27.7 Å². The van der Waals surface area contributed by atoms with Crippen molar-refractivity contribution < 1.29 is 13.9 Å². The van der Waals surface area contributed by atoms with Crippen LogP contribution in [0.3, 0.4) is 0 Å². The highest BCUT2D eigenvalue weighted by Gasteiger charge is 2.23. The maximum Gasteiger partial charge on any atom is 0.263 e. The molecule has 25 heavy (non-hydrogen) atoms. The van der Waals surface area contributed by atoms with Crippen LogP contribution in [0.5, 0.6) is 5.88 Å². The summed E-state index contributed by atoms with van der Waals surface area (Å²) >= 11 is 0. The molecule has 6 heteroatoms. The summed E-state index contributed by atoms with van der Waals surface area (Å²) in [6.45, 7) is 8.02. The molecule has 1 amide bonds. The van der Waals surface area contributed by atoms with E-state index in [4.69, 9.17) is 4.74 Å². The molecule has 1 aromatic carbocycles. The molecule has 0 radical (unpaired) electrons. The molecule has 1 atom stereocenters. The third-order valence-corrected chi connectivity index (χ3v) is 4.06. The molecule has 0 aliphatic heterocycles. The van der Waals surface area contributed by atoms with Crippen LogP contribution in [0.25, 0.3) is 0 Å². The van der Waals surface area contributed by atoms with Gasteiger partial charge in [-0.3, -0.25) is 14.6 Å². The Balaban J connectivity index is 2.05. The highest BCUT2D eigenvalue weighted by atomic mass is 19.1. The molecule has 1 heterocycles. The predicted molar refractivity (Wildman–Crippen MR) is 94.2 cm³/mol. The number of nitrogens with one attached hydrogen (secondary N) is 2. The Hall–Kier alpha value is -2.63. The molecule has 0 spiro atoms. The summed E-state index contributed by atoms with van der Waals surface area (Å²) < 4.78 is 18.6. The Morgan fingerprint density at radius 3 is 2.60 bits per heavy atom. The van der Waals surface area contributed by atoms with Crippen molar-refractivity contribution >= 4 is 5.91 Å². The molecule has 2 aromatic rings. The fourth-order valence-electron chi connectivity index (χ4n) is 2.00. The summed E-state index contributed by atoms with van der Waals surface area (Å²) in [4.78, 5) is 26.9. The molecule has 2 rings (SSSR count). The van der Waals surface area contributed by atoms with Crippen LogP contribution in [-0.4, -0.2) is 16.9 Å². The average molecular weight is 346 g/mol. The van der Waals surface area contributed by atoms with E-state index in [1.54, 1.807) is 12.1 Å². The Morgan fingerprint density at radius 2 is 2.00 bits per heavy atom. The third kappa shape index (κ3) is 5.17. The lowest BCUT2D eigenvalue weighted by atomic mass is 9.88. The van der Waals surface area contributed by atoms with Crippen LogP contribution in [0, 0.1) is 11.2 Å². The number of aromatic amines is 1. The van der Waals surface area contributed by atoms with Crippen molar-refractivity contribution in [1.29, 1.82) is 0 Å². The first-order valence-electron chi connectivity index (χ1n) is 8.08. The molecule has 5 nitrogen and oxygen atoms in total. The Kier molecular flexibility index (Phi) is 5.62. The van der Waals surface area contributed by atoms with Crippen molar-refractivity contribution in [3.05, 3.63) is 63.7 Å². The highest BCUT2D eigenvalue weighted by molar-refractivity contribution is 5.94. The van der Waals surface area contributed by atoms with E-state index < -0.39 is 11.5 Å². The number of rotatable bonds is 5. The number of hydrogen-bond acceptors (Lipinski definition) is 3. The molecule has 134 valence electrons. The molecule has 0 aliphatic carbocycles. The van der Waals surface area contributed by atoms with Crippen LogP contribution in [0.1, 0.15) is 43.6 Å². The summed E-state index contributed by atoms with van der Waals surface area (Å²) in [5, 5.41) is 2.82. The fourth-order valence-corrected chi connectivity index (χ4v) is 2.00. The van der Waals surface area contributed by atoms with Gasteiger partial charge in [0, 0.05) is 6.04 Å². The van der Waals surface area contributed by atoms with E-state index in [2.05, 4.69) is 10.3 Å². The number of hydrogen-bond donors (Lipinski definition) is 2. The Morgan fingerprint density at radius 1 is 1.28 bits per heavy atom. The van der Waals surface area contributed by atoms with Gasteiger partial charge in [0.1, 0.15) is 18.0 Å². The highest BCUT2D eigenvalue weighted by Crippen LogP contribution is 2.18. The van der Waals surface area contributed by atoms with Gasteiger partial charge in [-0.2, -0.15) is 0 Å². The number of carbonyl (C=O) groups excluding carboxylic acids is 1. The molecule has 0 saturated heterocycles. The molecule has 2 N–H and O–H groups in total. The minimum absolute atomic E-state index is 0.0224. The zero-order valence-corrected chi connectivity index (χ0v) is 14.9. The molecule has 0 fully saturated rings. The van der Waals surface area contributed by atoms with E-state index in [0.717, 1.165) is 0 Å². The van der Waals surface area contributed by atoms with Gasteiger partial charge in [-0.15, -0.1) is 0 Å². The minimum Gasteiger partial charge on any atom is -0.474 e. The van der Waals surface area contributed by atoms with Gasteiger partial charge in [0.05, 0.1) is 0 Å². The molecular weight excluding hydrogens is 323 g/mol. The normalized spacial score (nSPS) is 12.5. The van der Waals surface area contributed by atoms with Crippen LogP contribution < -0.4 is 15.6 Å². The fraction of sp³-hybridized carbons (Fsp3) is 0.368. The van der Waals surface area contributed by atoms with Crippen molar-refractivity contribution in [2.24, 2.45) is 5.41 Å². The van der Waals surface area contributed by atoms with Gasteiger partial charge in [0.25, 0.3) is 11.5 Å². The predicted octanol–water partition coefficient (Wildman–Crippen LogP) is 3.26. The van der Waals surface area contributed by atoms with Crippen LogP contribution in [0.2, 0.25) is 0 Å². The topological polar surface area (TPSA) is 71.2 Å². The SMILES string of the molecule is C[C@@H](NC(=O)c1ccc(OCc2cccc(F)c2)[nH]c1=O)C(C)(C)C. The summed E-state index contributed by atoms with van der Waals surface area (Å²) in [6, 6.07) is 8.84. The minimum atomic E-state index is -0.532. The molecule has 0 unspecified atom stereocenters. The van der Waals surface area contributed by atoms with Gasteiger partial charge in [-0.1, -0.05) is 32.9 Å². The lowest BCUT2D eigenvalue weighted by Gasteiger charge is -2.27. The zero-order valence-electron chi connectivity index (χ0n) is 14.9. The molecule has 1 aromatic heterocycles. The first kappa shape index (κ1) is 18.7. The second-order valence-electron chi connectivity index (χ2n) is 7.05. The molecular formula is C19H23FN2O3. The zero-order chi connectivity index (χ0) is 18.6.